The molecule has 1 aromatic heterocycles. The normalized spacial score (nSPS) is 10.5. The number of hydrogen-bond acceptors (Lipinski definition) is 5. The third-order valence-corrected chi connectivity index (χ3v) is 2.41. The lowest BCUT2D eigenvalue weighted by Crippen LogP contribution is -2.35. The summed E-state index contributed by atoms with van der Waals surface area (Å²) in [5.74, 6) is 0.691. The van der Waals surface area contributed by atoms with Crippen LogP contribution in [0, 0.1) is 13.8 Å². The van der Waals surface area contributed by atoms with E-state index in [-0.39, 0.29) is 12.5 Å². The van der Waals surface area contributed by atoms with Crippen LogP contribution in [0.2, 0.25) is 0 Å². The molecule has 0 radical (unpaired) electrons. The highest BCUT2D eigenvalue weighted by Gasteiger charge is 2.09. The van der Waals surface area contributed by atoms with Gasteiger partial charge in [-0.05, 0) is 13.8 Å². The lowest BCUT2D eigenvalue weighted by Gasteiger charge is -2.06. The van der Waals surface area contributed by atoms with Crippen molar-refractivity contribution in [2.24, 2.45) is 0 Å². The minimum Gasteiger partial charge on any atom is -0.383 e. The number of carbonyl (C=O) groups is 1. The summed E-state index contributed by atoms with van der Waals surface area (Å²) < 4.78 is 9.87. The van der Waals surface area contributed by atoms with Crippen LogP contribution in [0.1, 0.15) is 17.0 Å². The van der Waals surface area contributed by atoms with Crippen molar-refractivity contribution in [1.82, 2.24) is 15.8 Å². The first-order valence-corrected chi connectivity index (χ1v) is 5.53. The van der Waals surface area contributed by atoms with Crippen molar-refractivity contribution in [3.8, 4) is 0 Å². The molecule has 0 saturated carbocycles. The van der Waals surface area contributed by atoms with Crippen LogP contribution in [0.25, 0.3) is 0 Å². The molecule has 6 heteroatoms. The maximum absolute atomic E-state index is 11.5. The van der Waals surface area contributed by atoms with E-state index in [9.17, 15) is 4.79 Å². The molecular weight excluding hydrogens is 222 g/mol. The van der Waals surface area contributed by atoms with Gasteiger partial charge in [-0.1, -0.05) is 5.16 Å². The molecule has 1 heterocycles. The van der Waals surface area contributed by atoms with Gasteiger partial charge in [-0.25, -0.2) is 0 Å². The summed E-state index contributed by atoms with van der Waals surface area (Å²) in [4.78, 5) is 11.5. The molecule has 0 aromatic carbocycles. The van der Waals surface area contributed by atoms with Crippen LogP contribution in [0.4, 0.5) is 0 Å². The average molecular weight is 241 g/mol. The largest absolute Gasteiger partial charge is 0.383 e. The van der Waals surface area contributed by atoms with E-state index in [4.69, 9.17) is 9.26 Å². The zero-order valence-corrected chi connectivity index (χ0v) is 10.5. The molecule has 17 heavy (non-hydrogen) atoms. The molecular formula is C11H19N3O3. The Morgan fingerprint density at radius 3 is 2.82 bits per heavy atom. The molecule has 0 aliphatic heterocycles. The van der Waals surface area contributed by atoms with Crippen LogP contribution in [-0.2, 0) is 16.1 Å². The fraction of sp³-hybridized carbons (Fsp3) is 0.636. The average Bonchev–Trinajstić information content (AvgIpc) is 2.62. The molecule has 96 valence electrons. The molecule has 0 fully saturated rings. The number of hydrogen-bond donors (Lipinski definition) is 2. The summed E-state index contributed by atoms with van der Waals surface area (Å²) in [6, 6.07) is 0. The first-order chi connectivity index (χ1) is 8.15. The van der Waals surface area contributed by atoms with Crippen molar-refractivity contribution >= 4 is 5.91 Å². The van der Waals surface area contributed by atoms with Crippen molar-refractivity contribution in [3.05, 3.63) is 17.0 Å². The lowest BCUT2D eigenvalue weighted by atomic mass is 10.2. The first-order valence-electron chi connectivity index (χ1n) is 5.53. The third kappa shape index (κ3) is 4.54. The molecule has 0 bridgehead atoms. The molecule has 0 saturated heterocycles. The van der Waals surface area contributed by atoms with Gasteiger partial charge in [0, 0.05) is 25.8 Å². The first kappa shape index (κ1) is 13.7. The SMILES string of the molecule is COCCNCC(=O)NCc1c(C)noc1C. The highest BCUT2D eigenvalue weighted by Crippen LogP contribution is 2.11. The predicted octanol–water partition coefficient (Wildman–Crippen LogP) is 0.144. The molecule has 6 nitrogen and oxygen atoms in total. The molecule has 0 atom stereocenters. The van der Waals surface area contributed by atoms with Gasteiger partial charge in [0.25, 0.3) is 0 Å². The maximum atomic E-state index is 11.5. The zero-order chi connectivity index (χ0) is 12.7. The number of rotatable bonds is 7. The molecule has 0 unspecified atom stereocenters. The van der Waals surface area contributed by atoms with Gasteiger partial charge < -0.3 is 19.9 Å². The van der Waals surface area contributed by atoms with Crippen LogP contribution in [0.15, 0.2) is 4.52 Å². The van der Waals surface area contributed by atoms with Crippen LogP contribution in [0.3, 0.4) is 0 Å². The summed E-state index contributed by atoms with van der Waals surface area (Å²) in [6.07, 6.45) is 0. The van der Waals surface area contributed by atoms with Gasteiger partial charge in [0.05, 0.1) is 18.8 Å². The lowest BCUT2D eigenvalue weighted by molar-refractivity contribution is -0.120. The van der Waals surface area contributed by atoms with Crippen LogP contribution >= 0.6 is 0 Å². The van der Waals surface area contributed by atoms with E-state index in [2.05, 4.69) is 15.8 Å². The Balaban J connectivity index is 2.24. The Labute approximate surface area is 101 Å². The molecule has 1 rings (SSSR count). The second-order valence-electron chi connectivity index (χ2n) is 3.75. The van der Waals surface area contributed by atoms with Crippen molar-refractivity contribution in [2.45, 2.75) is 20.4 Å². The Bertz CT molecular complexity index is 343. The number of nitrogens with zero attached hydrogens (tertiary/aromatic N) is 1. The monoisotopic (exact) mass is 241 g/mol. The summed E-state index contributed by atoms with van der Waals surface area (Å²) in [5.41, 5.74) is 1.75. The number of ether oxygens (including phenoxy) is 1. The van der Waals surface area contributed by atoms with Crippen molar-refractivity contribution in [3.63, 3.8) is 0 Å². The minimum atomic E-state index is -0.0545. The van der Waals surface area contributed by atoms with Gasteiger partial charge in [-0.15, -0.1) is 0 Å². The Morgan fingerprint density at radius 2 is 2.24 bits per heavy atom. The van der Waals surface area contributed by atoms with Gasteiger partial charge >= 0.3 is 0 Å². The van der Waals surface area contributed by atoms with Crippen molar-refractivity contribution in [1.29, 1.82) is 0 Å². The summed E-state index contributed by atoms with van der Waals surface area (Å²) >= 11 is 0. The fourth-order valence-corrected chi connectivity index (χ4v) is 1.38. The van der Waals surface area contributed by atoms with Crippen molar-refractivity contribution < 1.29 is 14.1 Å². The highest BCUT2D eigenvalue weighted by molar-refractivity contribution is 5.77. The summed E-state index contributed by atoms with van der Waals surface area (Å²) in [7, 11) is 1.62. The minimum absolute atomic E-state index is 0.0545. The third-order valence-electron chi connectivity index (χ3n) is 2.41. The molecule has 2 N–H and O–H groups in total. The van der Waals surface area contributed by atoms with Crippen molar-refractivity contribution in [2.75, 3.05) is 26.8 Å². The van der Waals surface area contributed by atoms with Crippen LogP contribution < -0.4 is 10.6 Å². The van der Waals surface area contributed by atoms with E-state index in [0.29, 0.717) is 19.7 Å². The maximum Gasteiger partial charge on any atom is 0.234 e. The second-order valence-corrected chi connectivity index (χ2v) is 3.75. The number of carbonyl (C=O) groups excluding carboxylic acids is 1. The Hall–Kier alpha value is -1.40. The number of aromatic nitrogens is 1. The molecule has 0 aliphatic carbocycles. The van der Waals surface area contributed by atoms with Crippen LogP contribution in [0.5, 0.6) is 0 Å². The number of aryl methyl sites for hydroxylation is 2. The number of amides is 1. The quantitative estimate of drug-likeness (QED) is 0.664. The molecule has 1 aromatic rings. The van der Waals surface area contributed by atoms with E-state index in [1.54, 1.807) is 7.11 Å². The Kier molecular flexibility index (Phi) is 5.65. The Morgan fingerprint density at radius 1 is 1.47 bits per heavy atom. The summed E-state index contributed by atoms with van der Waals surface area (Å²) in [6.45, 7) is 5.68. The molecule has 1 amide bonds. The predicted molar refractivity (Wildman–Crippen MR) is 62.6 cm³/mol. The standard InChI is InChI=1S/C11H19N3O3/c1-8-10(9(2)17-14-8)6-13-11(15)7-12-4-5-16-3/h12H,4-7H2,1-3H3,(H,13,15). The van der Waals surface area contributed by atoms with Gasteiger partial charge in [-0.3, -0.25) is 4.79 Å². The number of methoxy groups -OCH3 is 1. The van der Waals surface area contributed by atoms with E-state index < -0.39 is 0 Å². The molecule has 0 spiro atoms. The van der Waals surface area contributed by atoms with E-state index in [1.807, 2.05) is 13.8 Å². The topological polar surface area (TPSA) is 76.4 Å². The van der Waals surface area contributed by atoms with Crippen LogP contribution in [-0.4, -0.2) is 37.9 Å². The fourth-order valence-electron chi connectivity index (χ4n) is 1.38. The van der Waals surface area contributed by atoms with E-state index in [0.717, 1.165) is 17.0 Å². The van der Waals surface area contributed by atoms with Gasteiger partial charge in [0.2, 0.25) is 5.91 Å². The van der Waals surface area contributed by atoms with E-state index in [1.165, 1.54) is 0 Å². The van der Waals surface area contributed by atoms with E-state index >= 15 is 0 Å². The highest BCUT2D eigenvalue weighted by atomic mass is 16.5. The summed E-state index contributed by atoms with van der Waals surface area (Å²) in [5, 5.41) is 9.59. The zero-order valence-electron chi connectivity index (χ0n) is 10.5. The van der Waals surface area contributed by atoms with Gasteiger partial charge in [0.1, 0.15) is 5.76 Å². The van der Waals surface area contributed by atoms with Gasteiger partial charge in [-0.2, -0.15) is 0 Å². The number of nitrogens with one attached hydrogen (secondary N) is 2. The second kappa shape index (κ2) is 7.03. The smallest absolute Gasteiger partial charge is 0.234 e. The molecule has 0 aliphatic rings. The van der Waals surface area contributed by atoms with Gasteiger partial charge in [0.15, 0.2) is 0 Å².